The minimum atomic E-state index is 0.0968. The van der Waals surface area contributed by atoms with Crippen molar-refractivity contribution in [2.24, 2.45) is 5.92 Å². The molecule has 1 amide bonds. The predicted octanol–water partition coefficient (Wildman–Crippen LogP) is 2.21. The number of benzene rings is 1. The van der Waals surface area contributed by atoms with E-state index in [1.807, 2.05) is 42.5 Å². The summed E-state index contributed by atoms with van der Waals surface area (Å²) in [7, 11) is 0. The molecule has 0 atom stereocenters. The Labute approximate surface area is 124 Å². The number of furan rings is 1. The number of carbonyl (C=O) groups excluding carboxylic acids is 1. The molecule has 110 valence electrons. The molecule has 1 saturated heterocycles. The molecule has 2 heterocycles. The summed E-state index contributed by atoms with van der Waals surface area (Å²) in [6.45, 7) is 2.80. The number of nitrogens with one attached hydrogen (secondary N) is 2. The van der Waals surface area contributed by atoms with E-state index in [0.29, 0.717) is 18.8 Å². The summed E-state index contributed by atoms with van der Waals surface area (Å²) >= 11 is 0. The van der Waals surface area contributed by atoms with Gasteiger partial charge in [0.2, 0.25) is 5.91 Å². The monoisotopic (exact) mass is 284 g/mol. The van der Waals surface area contributed by atoms with Gasteiger partial charge in [0, 0.05) is 44.0 Å². The van der Waals surface area contributed by atoms with Crippen LogP contribution in [0.4, 0.5) is 0 Å². The quantitative estimate of drug-likeness (QED) is 0.855. The van der Waals surface area contributed by atoms with Crippen molar-refractivity contribution in [1.29, 1.82) is 0 Å². The summed E-state index contributed by atoms with van der Waals surface area (Å²) in [5.74, 6) is 2.41. The van der Waals surface area contributed by atoms with Gasteiger partial charge in [-0.25, -0.2) is 0 Å². The Morgan fingerprint density at radius 1 is 1.19 bits per heavy atom. The fourth-order valence-corrected chi connectivity index (χ4v) is 2.35. The Morgan fingerprint density at radius 3 is 2.71 bits per heavy atom. The lowest BCUT2D eigenvalue weighted by molar-refractivity contribution is -0.121. The van der Waals surface area contributed by atoms with Gasteiger partial charge in [-0.05, 0) is 12.1 Å². The van der Waals surface area contributed by atoms with Crippen molar-refractivity contribution < 1.29 is 9.21 Å². The number of carbonyl (C=O) groups is 1. The largest absolute Gasteiger partial charge is 0.461 e. The number of hydrogen-bond acceptors (Lipinski definition) is 3. The fourth-order valence-electron chi connectivity index (χ4n) is 2.35. The Bertz CT molecular complexity index is 588. The highest BCUT2D eigenvalue weighted by Crippen LogP contribution is 2.22. The smallest absolute Gasteiger partial charge is 0.220 e. The van der Waals surface area contributed by atoms with Crippen molar-refractivity contribution in [3.8, 4) is 11.3 Å². The second-order valence-electron chi connectivity index (χ2n) is 5.46. The highest BCUT2D eigenvalue weighted by molar-refractivity contribution is 5.76. The van der Waals surface area contributed by atoms with Crippen LogP contribution in [-0.4, -0.2) is 25.5 Å². The first-order chi connectivity index (χ1) is 10.3. The summed E-state index contributed by atoms with van der Waals surface area (Å²) in [5, 5.41) is 6.17. The number of amides is 1. The lowest BCUT2D eigenvalue weighted by Gasteiger charge is -2.27. The van der Waals surface area contributed by atoms with Gasteiger partial charge in [-0.2, -0.15) is 0 Å². The lowest BCUT2D eigenvalue weighted by Crippen LogP contribution is -2.48. The fraction of sp³-hybridized carbons (Fsp3) is 0.353. The van der Waals surface area contributed by atoms with E-state index in [9.17, 15) is 4.79 Å². The van der Waals surface area contributed by atoms with Crippen LogP contribution in [0.5, 0.6) is 0 Å². The number of rotatable bonds is 6. The molecule has 3 rings (SSSR count). The maximum atomic E-state index is 11.8. The third-order valence-electron chi connectivity index (χ3n) is 3.77. The molecule has 0 bridgehead atoms. The van der Waals surface area contributed by atoms with Gasteiger partial charge in [0.25, 0.3) is 0 Å². The molecule has 0 aliphatic carbocycles. The van der Waals surface area contributed by atoms with Gasteiger partial charge < -0.3 is 15.1 Å². The van der Waals surface area contributed by atoms with Crippen molar-refractivity contribution in [3.63, 3.8) is 0 Å². The average molecular weight is 284 g/mol. The van der Waals surface area contributed by atoms with E-state index in [4.69, 9.17) is 4.42 Å². The first-order valence-electron chi connectivity index (χ1n) is 7.43. The first kappa shape index (κ1) is 13.9. The summed E-state index contributed by atoms with van der Waals surface area (Å²) in [5.41, 5.74) is 1.06. The van der Waals surface area contributed by atoms with E-state index in [0.717, 1.165) is 36.7 Å². The van der Waals surface area contributed by atoms with Crippen molar-refractivity contribution in [3.05, 3.63) is 48.2 Å². The van der Waals surface area contributed by atoms with Crippen LogP contribution in [0.15, 0.2) is 46.9 Å². The molecule has 2 N–H and O–H groups in total. The summed E-state index contributed by atoms with van der Waals surface area (Å²) in [6, 6.07) is 13.9. The molecule has 1 aromatic heterocycles. The van der Waals surface area contributed by atoms with E-state index in [-0.39, 0.29) is 5.91 Å². The average Bonchev–Trinajstić information content (AvgIpc) is 2.93. The topological polar surface area (TPSA) is 54.3 Å². The lowest BCUT2D eigenvalue weighted by atomic mass is 10.0. The molecule has 1 aliphatic rings. The van der Waals surface area contributed by atoms with Crippen molar-refractivity contribution in [1.82, 2.24) is 10.6 Å². The second kappa shape index (κ2) is 6.59. The van der Waals surface area contributed by atoms with E-state index in [2.05, 4.69) is 10.6 Å². The molecule has 0 radical (unpaired) electrons. The zero-order valence-electron chi connectivity index (χ0n) is 12.0. The number of hydrogen-bond donors (Lipinski definition) is 2. The van der Waals surface area contributed by atoms with Crippen LogP contribution >= 0.6 is 0 Å². The maximum Gasteiger partial charge on any atom is 0.220 e. The Morgan fingerprint density at radius 2 is 2.00 bits per heavy atom. The van der Waals surface area contributed by atoms with E-state index < -0.39 is 0 Å². The third-order valence-corrected chi connectivity index (χ3v) is 3.77. The van der Waals surface area contributed by atoms with Crippen LogP contribution in [0.3, 0.4) is 0 Å². The SMILES string of the molecule is O=C(CCc1ccc(-c2ccccc2)o1)NCC1CNC1. The summed E-state index contributed by atoms with van der Waals surface area (Å²) in [4.78, 5) is 11.8. The van der Waals surface area contributed by atoms with Gasteiger partial charge in [0.1, 0.15) is 11.5 Å². The first-order valence-corrected chi connectivity index (χ1v) is 7.43. The van der Waals surface area contributed by atoms with E-state index >= 15 is 0 Å². The zero-order chi connectivity index (χ0) is 14.5. The minimum Gasteiger partial charge on any atom is -0.461 e. The molecule has 0 unspecified atom stereocenters. The highest BCUT2D eigenvalue weighted by Gasteiger charge is 2.17. The molecule has 1 aromatic carbocycles. The molecule has 4 heteroatoms. The molecule has 0 spiro atoms. The highest BCUT2D eigenvalue weighted by atomic mass is 16.3. The van der Waals surface area contributed by atoms with Crippen LogP contribution in [0.25, 0.3) is 11.3 Å². The van der Waals surface area contributed by atoms with Crippen LogP contribution in [0.2, 0.25) is 0 Å². The Hall–Kier alpha value is -2.07. The normalized spacial score (nSPS) is 14.7. The molecule has 1 fully saturated rings. The van der Waals surface area contributed by atoms with E-state index in [1.165, 1.54) is 0 Å². The predicted molar refractivity (Wildman–Crippen MR) is 81.8 cm³/mol. The molecular weight excluding hydrogens is 264 g/mol. The van der Waals surface area contributed by atoms with Crippen molar-refractivity contribution in [2.75, 3.05) is 19.6 Å². The zero-order valence-corrected chi connectivity index (χ0v) is 12.0. The van der Waals surface area contributed by atoms with Crippen LogP contribution in [-0.2, 0) is 11.2 Å². The van der Waals surface area contributed by atoms with E-state index in [1.54, 1.807) is 0 Å². The summed E-state index contributed by atoms with van der Waals surface area (Å²) < 4.78 is 5.79. The standard InChI is InChI=1S/C17H20N2O2/c20-17(19-12-13-10-18-11-13)9-7-15-6-8-16(21-15)14-4-2-1-3-5-14/h1-6,8,13,18H,7,9-12H2,(H,19,20). The van der Waals surface area contributed by atoms with Crippen molar-refractivity contribution >= 4 is 5.91 Å². The molecular formula is C17H20N2O2. The second-order valence-corrected chi connectivity index (χ2v) is 5.46. The van der Waals surface area contributed by atoms with Crippen LogP contribution < -0.4 is 10.6 Å². The molecule has 4 nitrogen and oxygen atoms in total. The van der Waals surface area contributed by atoms with Crippen LogP contribution in [0, 0.1) is 5.92 Å². The Balaban J connectivity index is 1.47. The molecule has 2 aromatic rings. The Kier molecular flexibility index (Phi) is 4.36. The van der Waals surface area contributed by atoms with Gasteiger partial charge in [0.05, 0.1) is 0 Å². The van der Waals surface area contributed by atoms with Gasteiger partial charge in [-0.3, -0.25) is 4.79 Å². The van der Waals surface area contributed by atoms with Gasteiger partial charge in [0.15, 0.2) is 0 Å². The van der Waals surface area contributed by atoms with Gasteiger partial charge in [-0.1, -0.05) is 30.3 Å². The maximum absolute atomic E-state index is 11.8. The van der Waals surface area contributed by atoms with Crippen LogP contribution in [0.1, 0.15) is 12.2 Å². The summed E-state index contributed by atoms with van der Waals surface area (Å²) in [6.07, 6.45) is 1.11. The molecule has 0 saturated carbocycles. The van der Waals surface area contributed by atoms with Gasteiger partial charge in [-0.15, -0.1) is 0 Å². The molecule has 1 aliphatic heterocycles. The van der Waals surface area contributed by atoms with Gasteiger partial charge >= 0.3 is 0 Å². The number of aryl methyl sites for hydroxylation is 1. The van der Waals surface area contributed by atoms with Crippen molar-refractivity contribution in [2.45, 2.75) is 12.8 Å². The minimum absolute atomic E-state index is 0.0968. The third kappa shape index (κ3) is 3.73. The molecule has 21 heavy (non-hydrogen) atoms.